The van der Waals surface area contributed by atoms with Crippen molar-refractivity contribution < 1.29 is 17.6 Å². The van der Waals surface area contributed by atoms with Gasteiger partial charge in [-0.1, -0.05) is 30.3 Å². The zero-order valence-electron chi connectivity index (χ0n) is 16.7. The maximum Gasteiger partial charge on any atom is 0.256 e. The van der Waals surface area contributed by atoms with Crippen molar-refractivity contribution in [2.75, 3.05) is 20.6 Å². The minimum absolute atomic E-state index is 0.158. The number of sulfonamides is 1. The molecule has 0 spiro atoms. The van der Waals surface area contributed by atoms with Crippen molar-refractivity contribution in [1.29, 1.82) is 0 Å². The molecule has 1 aromatic heterocycles. The fourth-order valence-corrected chi connectivity index (χ4v) is 3.77. The normalized spacial score (nSPS) is 11.4. The predicted molar refractivity (Wildman–Crippen MR) is 112 cm³/mol. The summed E-state index contributed by atoms with van der Waals surface area (Å²) in [6.07, 6.45) is 1.29. The summed E-state index contributed by atoms with van der Waals surface area (Å²) in [4.78, 5) is 13.8. The summed E-state index contributed by atoms with van der Waals surface area (Å²) in [6, 6.07) is 14.9. The average Bonchev–Trinajstić information content (AvgIpc) is 3.23. The van der Waals surface area contributed by atoms with Gasteiger partial charge in [-0.3, -0.25) is 9.89 Å². The maximum absolute atomic E-state index is 14.1. The molecule has 0 saturated heterocycles. The van der Waals surface area contributed by atoms with Crippen LogP contribution in [0.1, 0.15) is 22.5 Å². The smallest absolute Gasteiger partial charge is 0.256 e. The molecule has 2 N–H and O–H groups in total. The Bertz CT molecular complexity index is 1130. The minimum Gasteiger partial charge on any atom is -0.342 e. The second kappa shape index (κ2) is 9.19. The van der Waals surface area contributed by atoms with E-state index in [1.807, 2.05) is 36.4 Å². The van der Waals surface area contributed by atoms with Gasteiger partial charge in [-0.05, 0) is 44.2 Å². The number of halogens is 1. The molecule has 0 atom stereocenters. The lowest BCUT2D eigenvalue weighted by Crippen LogP contribution is -2.29. The number of hydrogen-bond acceptors (Lipinski definition) is 4. The van der Waals surface area contributed by atoms with Gasteiger partial charge >= 0.3 is 0 Å². The van der Waals surface area contributed by atoms with Gasteiger partial charge in [0.15, 0.2) is 0 Å². The van der Waals surface area contributed by atoms with Crippen LogP contribution in [-0.4, -0.2) is 50.1 Å². The summed E-state index contributed by atoms with van der Waals surface area (Å²) < 4.78 is 40.1. The highest BCUT2D eigenvalue weighted by molar-refractivity contribution is 7.89. The van der Waals surface area contributed by atoms with Gasteiger partial charge in [0.1, 0.15) is 5.82 Å². The topological polar surface area (TPSA) is 95.2 Å². The molecule has 0 saturated carbocycles. The van der Waals surface area contributed by atoms with E-state index >= 15 is 0 Å². The number of aromatic amines is 1. The molecule has 0 aliphatic rings. The zero-order valence-corrected chi connectivity index (χ0v) is 17.5. The van der Waals surface area contributed by atoms with Crippen molar-refractivity contribution >= 4 is 15.9 Å². The van der Waals surface area contributed by atoms with Crippen LogP contribution in [0.5, 0.6) is 0 Å². The number of carbonyl (C=O) groups is 1. The number of amides is 1. The number of aromatic nitrogens is 2. The zero-order chi connectivity index (χ0) is 21.7. The molecule has 3 rings (SSSR count). The molecule has 0 radical (unpaired) electrons. The average molecular weight is 431 g/mol. The summed E-state index contributed by atoms with van der Waals surface area (Å²) in [7, 11) is -0.955. The Balaban J connectivity index is 1.62. The first-order valence-corrected chi connectivity index (χ1v) is 10.9. The van der Waals surface area contributed by atoms with E-state index in [1.165, 1.54) is 11.9 Å². The number of hydrogen-bond donors (Lipinski definition) is 2. The number of nitrogens with one attached hydrogen (secondary N) is 2. The third kappa shape index (κ3) is 4.92. The van der Waals surface area contributed by atoms with Crippen molar-refractivity contribution in [2.45, 2.75) is 17.7 Å². The molecular weight excluding hydrogens is 407 g/mol. The highest BCUT2D eigenvalue weighted by Gasteiger charge is 2.20. The van der Waals surface area contributed by atoms with Gasteiger partial charge < -0.3 is 4.90 Å². The third-order valence-electron chi connectivity index (χ3n) is 4.73. The Hall–Kier alpha value is -3.04. The van der Waals surface area contributed by atoms with Crippen molar-refractivity contribution in [3.8, 4) is 11.3 Å². The molecule has 0 bridgehead atoms. The molecule has 2 aromatic carbocycles. The fourth-order valence-electron chi connectivity index (χ4n) is 3.01. The molecule has 30 heavy (non-hydrogen) atoms. The summed E-state index contributed by atoms with van der Waals surface area (Å²) >= 11 is 0. The summed E-state index contributed by atoms with van der Waals surface area (Å²) in [5, 5.41) is 7.29. The lowest BCUT2D eigenvalue weighted by atomic mass is 10.1. The predicted octanol–water partition coefficient (Wildman–Crippen LogP) is 2.83. The van der Waals surface area contributed by atoms with Crippen molar-refractivity contribution in [3.05, 3.63) is 71.7 Å². The molecule has 0 aliphatic carbocycles. The molecule has 158 valence electrons. The molecule has 7 nitrogen and oxygen atoms in total. The minimum atomic E-state index is -3.77. The lowest BCUT2D eigenvalue weighted by Gasteiger charge is -2.18. The largest absolute Gasteiger partial charge is 0.342 e. The van der Waals surface area contributed by atoms with Crippen molar-refractivity contribution in [3.63, 3.8) is 0 Å². The Morgan fingerprint density at radius 2 is 1.90 bits per heavy atom. The van der Waals surface area contributed by atoms with E-state index in [-0.39, 0.29) is 10.5 Å². The second-order valence-corrected chi connectivity index (χ2v) is 8.71. The van der Waals surface area contributed by atoms with Crippen molar-refractivity contribution in [2.24, 2.45) is 0 Å². The first-order chi connectivity index (χ1) is 14.3. The van der Waals surface area contributed by atoms with E-state index in [9.17, 15) is 17.6 Å². The number of aryl methyl sites for hydroxylation is 1. The highest BCUT2D eigenvalue weighted by Crippen LogP contribution is 2.19. The van der Waals surface area contributed by atoms with Crippen LogP contribution in [0.25, 0.3) is 11.3 Å². The van der Waals surface area contributed by atoms with Crippen LogP contribution in [0.2, 0.25) is 0 Å². The molecule has 0 aliphatic heterocycles. The van der Waals surface area contributed by atoms with Crippen LogP contribution in [0.4, 0.5) is 4.39 Å². The summed E-state index contributed by atoms with van der Waals surface area (Å²) in [5.41, 5.74) is 2.52. The highest BCUT2D eigenvalue weighted by atomic mass is 32.2. The van der Waals surface area contributed by atoms with Gasteiger partial charge in [0, 0.05) is 24.8 Å². The molecule has 0 unspecified atom stereocenters. The number of carbonyl (C=O) groups excluding carboxylic acids is 1. The monoisotopic (exact) mass is 430 g/mol. The molecule has 1 amide bonds. The van der Waals surface area contributed by atoms with E-state index in [1.54, 1.807) is 7.05 Å². The number of benzene rings is 2. The molecule has 1 heterocycles. The Kier molecular flexibility index (Phi) is 6.63. The third-order valence-corrected chi connectivity index (χ3v) is 6.15. The van der Waals surface area contributed by atoms with Crippen LogP contribution in [-0.2, 0) is 16.4 Å². The van der Waals surface area contributed by atoms with E-state index in [2.05, 4.69) is 14.9 Å². The Morgan fingerprint density at radius 1 is 1.17 bits per heavy atom. The molecule has 3 aromatic rings. The summed E-state index contributed by atoms with van der Waals surface area (Å²) in [5.74, 6) is -1.33. The van der Waals surface area contributed by atoms with Crippen molar-refractivity contribution in [1.82, 2.24) is 19.8 Å². The number of nitrogens with zero attached hydrogens (tertiary/aromatic N) is 2. The quantitative estimate of drug-likeness (QED) is 0.575. The van der Waals surface area contributed by atoms with Crippen LogP contribution >= 0.6 is 0 Å². The van der Waals surface area contributed by atoms with E-state index in [0.717, 1.165) is 35.2 Å². The van der Waals surface area contributed by atoms with E-state index < -0.39 is 21.7 Å². The number of H-pyrrole nitrogens is 1. The number of rotatable bonds is 8. The van der Waals surface area contributed by atoms with Gasteiger partial charge in [-0.2, -0.15) is 5.10 Å². The van der Waals surface area contributed by atoms with E-state index in [0.29, 0.717) is 19.4 Å². The summed E-state index contributed by atoms with van der Waals surface area (Å²) in [6.45, 7) is 0.376. The van der Waals surface area contributed by atoms with Gasteiger partial charge in [0.05, 0.1) is 16.2 Å². The molecule has 0 fully saturated rings. The fraction of sp³-hybridized carbons (Fsp3) is 0.238. The second-order valence-electron chi connectivity index (χ2n) is 6.82. The van der Waals surface area contributed by atoms with Gasteiger partial charge in [-0.25, -0.2) is 17.5 Å². The SMILES string of the molecule is CNS(=O)(=O)c1ccc(F)c(C(=O)N(C)CCCc2cc(-c3ccccc3)n[nH]2)c1. The maximum atomic E-state index is 14.1. The molecule has 9 heteroatoms. The van der Waals surface area contributed by atoms with Gasteiger partial charge in [0.2, 0.25) is 10.0 Å². The standard InChI is InChI=1S/C21H23FN4O3S/c1-23-30(28,29)17-10-11-19(22)18(14-17)21(27)26(2)12-6-9-16-13-20(25-24-16)15-7-4-3-5-8-15/h3-5,7-8,10-11,13-14,23H,6,9,12H2,1-2H3,(H,24,25). The van der Waals surface area contributed by atoms with Gasteiger partial charge in [0.25, 0.3) is 5.91 Å². The van der Waals surface area contributed by atoms with Crippen LogP contribution in [0, 0.1) is 5.82 Å². The van der Waals surface area contributed by atoms with E-state index in [4.69, 9.17) is 0 Å². The Morgan fingerprint density at radius 3 is 2.60 bits per heavy atom. The molecular formula is C21H23FN4O3S. The first-order valence-electron chi connectivity index (χ1n) is 9.40. The first kappa shape index (κ1) is 21.7. The Labute approximate surface area is 175 Å². The van der Waals surface area contributed by atoms with Crippen LogP contribution in [0.3, 0.4) is 0 Å². The van der Waals surface area contributed by atoms with Gasteiger partial charge in [-0.15, -0.1) is 0 Å². The van der Waals surface area contributed by atoms with Crippen LogP contribution in [0.15, 0.2) is 59.5 Å². The van der Waals surface area contributed by atoms with Crippen LogP contribution < -0.4 is 4.72 Å². The lowest BCUT2D eigenvalue weighted by molar-refractivity contribution is 0.0788.